The van der Waals surface area contributed by atoms with Gasteiger partial charge in [-0.25, -0.2) is 0 Å². The van der Waals surface area contributed by atoms with Gasteiger partial charge in [-0.15, -0.1) is 11.3 Å². The Bertz CT molecular complexity index is 836. The predicted octanol–water partition coefficient (Wildman–Crippen LogP) is 3.34. The highest BCUT2D eigenvalue weighted by atomic mass is 32.1. The van der Waals surface area contributed by atoms with Crippen LogP contribution >= 0.6 is 11.3 Å². The van der Waals surface area contributed by atoms with E-state index in [1.807, 2.05) is 32.2 Å². The lowest BCUT2D eigenvalue weighted by Gasteiger charge is -2.31. The van der Waals surface area contributed by atoms with Gasteiger partial charge in [0.2, 0.25) is 5.91 Å². The Balaban J connectivity index is 1.88. The zero-order valence-electron chi connectivity index (χ0n) is 15.4. The van der Waals surface area contributed by atoms with Crippen LogP contribution in [0.5, 0.6) is 0 Å². The van der Waals surface area contributed by atoms with E-state index in [1.165, 1.54) is 0 Å². The van der Waals surface area contributed by atoms with E-state index in [4.69, 9.17) is 0 Å². The second kappa shape index (κ2) is 7.03. The minimum atomic E-state index is -0.812. The lowest BCUT2D eigenvalue weighted by molar-refractivity contribution is -0.136. The summed E-state index contributed by atoms with van der Waals surface area (Å²) in [6.07, 6.45) is 0. The molecule has 1 atom stereocenters. The van der Waals surface area contributed by atoms with Gasteiger partial charge in [0.25, 0.3) is 11.8 Å². The highest BCUT2D eigenvalue weighted by molar-refractivity contribution is 7.10. The first kappa shape index (κ1) is 18.3. The van der Waals surface area contributed by atoms with E-state index >= 15 is 0 Å². The van der Waals surface area contributed by atoms with Crippen molar-refractivity contribution >= 4 is 29.1 Å². The van der Waals surface area contributed by atoms with Crippen molar-refractivity contribution in [3.05, 3.63) is 57.3 Å². The SMILES string of the molecule is Cc1ccsc1CN(C)C(=O)C(C(C)C)N1C(=O)c2ccccc2C1=O. The molecule has 1 aromatic carbocycles. The maximum absolute atomic E-state index is 13.1. The molecule has 0 bridgehead atoms. The summed E-state index contributed by atoms with van der Waals surface area (Å²) in [6.45, 7) is 6.19. The molecule has 1 aliphatic rings. The summed E-state index contributed by atoms with van der Waals surface area (Å²) in [5, 5.41) is 1.99. The molecular formula is C20H22N2O3S. The normalized spacial score (nSPS) is 14.7. The van der Waals surface area contributed by atoms with Gasteiger partial charge in [-0.3, -0.25) is 19.3 Å². The first-order valence-electron chi connectivity index (χ1n) is 8.57. The topological polar surface area (TPSA) is 57.7 Å². The maximum atomic E-state index is 13.1. The number of carbonyl (C=O) groups excluding carboxylic acids is 3. The molecule has 6 heteroatoms. The fraction of sp³-hybridized carbons (Fsp3) is 0.350. The lowest BCUT2D eigenvalue weighted by Crippen LogP contribution is -2.52. The molecule has 0 aliphatic carbocycles. The first-order chi connectivity index (χ1) is 12.3. The standard InChI is InChI=1S/C20H22N2O3S/c1-12(2)17(20(25)21(4)11-16-13(3)9-10-26-16)22-18(23)14-7-5-6-8-15(14)19(22)24/h5-10,12,17H,11H2,1-4H3. The van der Waals surface area contributed by atoms with Crippen LogP contribution in [0.4, 0.5) is 0 Å². The van der Waals surface area contributed by atoms with E-state index < -0.39 is 17.9 Å². The second-order valence-corrected chi connectivity index (χ2v) is 7.94. The molecule has 0 spiro atoms. The third-order valence-corrected chi connectivity index (χ3v) is 5.72. The summed E-state index contributed by atoms with van der Waals surface area (Å²) >= 11 is 1.60. The van der Waals surface area contributed by atoms with Gasteiger partial charge in [0.1, 0.15) is 6.04 Å². The number of nitrogens with zero attached hydrogens (tertiary/aromatic N) is 2. The number of likely N-dealkylation sites (N-methyl/N-ethyl adjacent to an activating group) is 1. The van der Waals surface area contributed by atoms with Crippen molar-refractivity contribution in [3.8, 4) is 0 Å². The Morgan fingerprint density at radius 2 is 1.69 bits per heavy atom. The Labute approximate surface area is 157 Å². The van der Waals surface area contributed by atoms with E-state index in [1.54, 1.807) is 47.5 Å². The Kier molecular flexibility index (Phi) is 4.96. The molecule has 3 rings (SSSR count). The van der Waals surface area contributed by atoms with Crippen molar-refractivity contribution in [1.29, 1.82) is 0 Å². The van der Waals surface area contributed by atoms with Gasteiger partial charge in [0.05, 0.1) is 17.7 Å². The number of rotatable bonds is 5. The number of thiophene rings is 1. The molecule has 0 saturated heterocycles. The van der Waals surface area contributed by atoms with Crippen molar-refractivity contribution in [2.45, 2.75) is 33.4 Å². The number of imide groups is 1. The van der Waals surface area contributed by atoms with Crippen molar-refractivity contribution in [1.82, 2.24) is 9.80 Å². The predicted molar refractivity (Wildman–Crippen MR) is 101 cm³/mol. The lowest BCUT2D eigenvalue weighted by atomic mass is 10.0. The zero-order valence-corrected chi connectivity index (χ0v) is 16.2. The summed E-state index contributed by atoms with van der Waals surface area (Å²) < 4.78 is 0. The Hall–Kier alpha value is -2.47. The molecule has 1 aliphatic heterocycles. The van der Waals surface area contributed by atoms with Crippen LogP contribution in [0.25, 0.3) is 0 Å². The largest absolute Gasteiger partial charge is 0.339 e. The van der Waals surface area contributed by atoms with E-state index in [9.17, 15) is 14.4 Å². The van der Waals surface area contributed by atoms with Gasteiger partial charge >= 0.3 is 0 Å². The van der Waals surface area contributed by atoms with Crippen LogP contribution in [0.2, 0.25) is 0 Å². The van der Waals surface area contributed by atoms with Crippen LogP contribution in [0.3, 0.4) is 0 Å². The summed E-state index contributed by atoms with van der Waals surface area (Å²) in [4.78, 5) is 42.6. The third-order valence-electron chi connectivity index (χ3n) is 4.71. The Morgan fingerprint density at radius 3 is 2.15 bits per heavy atom. The molecule has 2 aromatic rings. The number of carbonyl (C=O) groups is 3. The Morgan fingerprint density at radius 1 is 1.12 bits per heavy atom. The number of hydrogen-bond acceptors (Lipinski definition) is 4. The quantitative estimate of drug-likeness (QED) is 0.759. The molecule has 0 N–H and O–H groups in total. The minimum Gasteiger partial charge on any atom is -0.339 e. The molecule has 3 amide bonds. The fourth-order valence-corrected chi connectivity index (χ4v) is 4.20. The highest BCUT2D eigenvalue weighted by Gasteiger charge is 2.44. The fourth-order valence-electron chi connectivity index (χ4n) is 3.24. The average Bonchev–Trinajstić information content (AvgIpc) is 3.11. The zero-order chi connectivity index (χ0) is 19.0. The molecule has 5 nitrogen and oxygen atoms in total. The molecular weight excluding hydrogens is 348 g/mol. The summed E-state index contributed by atoms with van der Waals surface area (Å²) in [6, 6.07) is 7.93. The molecule has 2 heterocycles. The molecule has 0 radical (unpaired) electrons. The molecule has 1 unspecified atom stereocenters. The molecule has 1 aromatic heterocycles. The first-order valence-corrected chi connectivity index (χ1v) is 9.45. The van der Waals surface area contributed by atoms with Gasteiger partial charge < -0.3 is 4.90 Å². The summed E-state index contributed by atoms with van der Waals surface area (Å²) in [5.41, 5.74) is 1.87. The van der Waals surface area contributed by atoms with Crippen molar-refractivity contribution in [3.63, 3.8) is 0 Å². The van der Waals surface area contributed by atoms with Crippen molar-refractivity contribution in [2.75, 3.05) is 7.05 Å². The van der Waals surface area contributed by atoms with Gasteiger partial charge in [0.15, 0.2) is 0 Å². The summed E-state index contributed by atoms with van der Waals surface area (Å²) in [5.74, 6) is -1.18. The van der Waals surface area contributed by atoms with Crippen LogP contribution in [0.1, 0.15) is 45.0 Å². The molecule has 0 fully saturated rings. The molecule has 26 heavy (non-hydrogen) atoms. The number of amides is 3. The molecule has 136 valence electrons. The van der Waals surface area contributed by atoms with Crippen LogP contribution < -0.4 is 0 Å². The maximum Gasteiger partial charge on any atom is 0.262 e. The van der Waals surface area contributed by atoms with Crippen molar-refractivity contribution in [2.24, 2.45) is 5.92 Å². The number of benzene rings is 1. The van der Waals surface area contributed by atoms with Crippen LogP contribution in [0, 0.1) is 12.8 Å². The highest BCUT2D eigenvalue weighted by Crippen LogP contribution is 2.28. The number of fused-ring (bicyclic) bond motifs is 1. The minimum absolute atomic E-state index is 0.184. The van der Waals surface area contributed by atoms with Crippen LogP contribution in [-0.2, 0) is 11.3 Å². The number of hydrogen-bond donors (Lipinski definition) is 0. The molecule has 0 saturated carbocycles. The van der Waals surface area contributed by atoms with Crippen LogP contribution in [-0.4, -0.2) is 40.6 Å². The monoisotopic (exact) mass is 370 g/mol. The average molecular weight is 370 g/mol. The third kappa shape index (κ3) is 3.05. The van der Waals surface area contributed by atoms with E-state index in [0.29, 0.717) is 17.7 Å². The second-order valence-electron chi connectivity index (χ2n) is 6.94. The summed E-state index contributed by atoms with van der Waals surface area (Å²) in [7, 11) is 1.72. The van der Waals surface area contributed by atoms with Gasteiger partial charge in [-0.05, 0) is 42.0 Å². The number of aryl methyl sites for hydroxylation is 1. The van der Waals surface area contributed by atoms with E-state index in [-0.39, 0.29) is 11.8 Å². The smallest absolute Gasteiger partial charge is 0.262 e. The van der Waals surface area contributed by atoms with Gasteiger partial charge in [-0.2, -0.15) is 0 Å². The van der Waals surface area contributed by atoms with Crippen LogP contribution in [0.15, 0.2) is 35.7 Å². The van der Waals surface area contributed by atoms with Gasteiger partial charge in [0, 0.05) is 11.9 Å². The van der Waals surface area contributed by atoms with E-state index in [2.05, 4.69) is 0 Å². The van der Waals surface area contributed by atoms with E-state index in [0.717, 1.165) is 15.3 Å². The van der Waals surface area contributed by atoms with Crippen molar-refractivity contribution < 1.29 is 14.4 Å². The van der Waals surface area contributed by atoms with Gasteiger partial charge in [-0.1, -0.05) is 26.0 Å².